The second-order valence-corrected chi connectivity index (χ2v) is 21.8. The van der Waals surface area contributed by atoms with Gasteiger partial charge in [-0.25, -0.2) is 0 Å². The summed E-state index contributed by atoms with van der Waals surface area (Å²) in [4.78, 5) is 26.5. The van der Waals surface area contributed by atoms with E-state index in [2.05, 4.69) is 86.8 Å². The highest BCUT2D eigenvalue weighted by molar-refractivity contribution is 5.80. The summed E-state index contributed by atoms with van der Waals surface area (Å²) in [5.74, 6) is -1.22. The molecule has 0 bridgehead atoms. The highest BCUT2D eigenvalue weighted by atomic mass is 16.7. The smallest absolute Gasteiger partial charge is 0.306 e. The van der Waals surface area contributed by atoms with Crippen LogP contribution in [0.3, 0.4) is 0 Å². The van der Waals surface area contributed by atoms with Crippen molar-refractivity contribution >= 4 is 11.9 Å². The maximum absolute atomic E-state index is 13.4. The lowest BCUT2D eigenvalue weighted by Gasteiger charge is -2.41. The molecule has 1 saturated heterocycles. The Morgan fingerprint density at radius 1 is 0.506 bits per heavy atom. The lowest BCUT2D eigenvalue weighted by Crippen LogP contribution is -2.61. The summed E-state index contributed by atoms with van der Waals surface area (Å²) in [7, 11) is 0. The molecule has 11 nitrogen and oxygen atoms in total. The first kappa shape index (κ1) is 72.1. The van der Waals surface area contributed by atoms with E-state index >= 15 is 0 Å². The van der Waals surface area contributed by atoms with E-state index in [-0.39, 0.29) is 19.4 Å². The van der Waals surface area contributed by atoms with Gasteiger partial charge in [-0.05, 0) is 96.3 Å². The standard InChI is InChI=1S/C66H117NO10/c1-4-7-10-13-16-19-22-24-26-28-29-30-32-33-35-38-41-44-47-50-53-59(70)65(74)67-57(58(69)52-49-46-43-40-37-21-18-15-12-9-6-3)56-75-66-64(63(73)62(72)60(55-68)76-66)77-61(71)54-51-48-45-42-39-36-34-31-27-25-23-20-17-14-11-8-5-2/h16,19,24-27,29-30,33,35,49,52,57-60,62-64,66,68-70,72-73H,4-15,17-18,20-23,28,31-32,34,36-48,50-51,53-56H2,1-3H3,(H,67,74)/b19-16-,26-24-,27-25+,30-29-,35-33-,52-49+. The van der Waals surface area contributed by atoms with Crippen molar-refractivity contribution in [1.82, 2.24) is 5.32 Å². The number of carbonyl (C=O) groups excluding carboxylic acids is 2. The minimum Gasteiger partial charge on any atom is -0.454 e. The quantitative estimate of drug-likeness (QED) is 0.0195. The Morgan fingerprint density at radius 3 is 1.38 bits per heavy atom. The molecular formula is C66H117NO10. The number of carbonyl (C=O) groups is 2. The van der Waals surface area contributed by atoms with E-state index in [9.17, 15) is 35.1 Å². The van der Waals surface area contributed by atoms with Crippen molar-refractivity contribution in [3.63, 3.8) is 0 Å². The van der Waals surface area contributed by atoms with Gasteiger partial charge in [-0.15, -0.1) is 0 Å². The molecule has 1 heterocycles. The van der Waals surface area contributed by atoms with Crippen LogP contribution in [0.2, 0.25) is 0 Å². The molecule has 0 radical (unpaired) electrons. The number of unbranched alkanes of at least 4 members (excludes halogenated alkanes) is 29. The van der Waals surface area contributed by atoms with Crippen LogP contribution in [-0.2, 0) is 23.8 Å². The molecule has 446 valence electrons. The molecule has 0 aliphatic carbocycles. The number of hydrogen-bond acceptors (Lipinski definition) is 10. The third kappa shape index (κ3) is 41.7. The number of amides is 1. The number of ether oxygens (including phenoxy) is 3. The fourth-order valence-electron chi connectivity index (χ4n) is 9.51. The topological polar surface area (TPSA) is 175 Å². The number of hydrogen-bond donors (Lipinski definition) is 6. The summed E-state index contributed by atoms with van der Waals surface area (Å²) in [6, 6.07) is -1.04. The van der Waals surface area contributed by atoms with E-state index in [0.717, 1.165) is 96.3 Å². The van der Waals surface area contributed by atoms with Crippen LogP contribution in [0.25, 0.3) is 0 Å². The first-order chi connectivity index (χ1) is 37.7. The lowest BCUT2D eigenvalue weighted by atomic mass is 9.99. The van der Waals surface area contributed by atoms with Crippen LogP contribution in [0.15, 0.2) is 72.9 Å². The van der Waals surface area contributed by atoms with Crippen molar-refractivity contribution in [2.75, 3.05) is 13.2 Å². The van der Waals surface area contributed by atoms with Gasteiger partial charge in [0.25, 0.3) is 0 Å². The zero-order valence-electron chi connectivity index (χ0n) is 49.3. The van der Waals surface area contributed by atoms with Gasteiger partial charge in [0.05, 0.1) is 25.4 Å². The predicted octanol–water partition coefficient (Wildman–Crippen LogP) is 15.2. The Bertz CT molecular complexity index is 1530. The van der Waals surface area contributed by atoms with Gasteiger partial charge in [-0.2, -0.15) is 0 Å². The second-order valence-electron chi connectivity index (χ2n) is 21.8. The highest BCUT2D eigenvalue weighted by Crippen LogP contribution is 2.26. The monoisotopic (exact) mass is 1080 g/mol. The van der Waals surface area contributed by atoms with E-state index in [1.54, 1.807) is 6.08 Å². The van der Waals surface area contributed by atoms with Gasteiger partial charge in [0.2, 0.25) is 5.91 Å². The number of nitrogens with one attached hydrogen (secondary N) is 1. The summed E-state index contributed by atoms with van der Waals surface area (Å²) in [6.07, 6.45) is 57.9. The molecule has 1 amide bonds. The first-order valence-electron chi connectivity index (χ1n) is 31.7. The first-order valence-corrected chi connectivity index (χ1v) is 31.7. The van der Waals surface area contributed by atoms with Crippen molar-refractivity contribution in [2.45, 2.75) is 320 Å². The van der Waals surface area contributed by atoms with Crippen molar-refractivity contribution in [3.05, 3.63) is 72.9 Å². The van der Waals surface area contributed by atoms with Gasteiger partial charge in [0.15, 0.2) is 12.4 Å². The van der Waals surface area contributed by atoms with Crippen molar-refractivity contribution in [1.29, 1.82) is 0 Å². The van der Waals surface area contributed by atoms with Crippen molar-refractivity contribution < 1.29 is 49.3 Å². The predicted molar refractivity (Wildman–Crippen MR) is 319 cm³/mol. The zero-order valence-corrected chi connectivity index (χ0v) is 49.3. The number of esters is 1. The minimum atomic E-state index is -1.62. The number of aliphatic hydroxyl groups excluding tert-OH is 5. The van der Waals surface area contributed by atoms with Crippen LogP contribution >= 0.6 is 0 Å². The molecular weight excluding hydrogens is 967 g/mol. The summed E-state index contributed by atoms with van der Waals surface area (Å²) >= 11 is 0. The number of aliphatic hydroxyl groups is 5. The van der Waals surface area contributed by atoms with Crippen LogP contribution in [0.5, 0.6) is 0 Å². The van der Waals surface area contributed by atoms with E-state index in [1.807, 2.05) is 6.08 Å². The average Bonchev–Trinajstić information content (AvgIpc) is 3.43. The summed E-state index contributed by atoms with van der Waals surface area (Å²) in [6.45, 7) is 5.74. The molecule has 8 unspecified atom stereocenters. The van der Waals surface area contributed by atoms with Crippen LogP contribution < -0.4 is 5.32 Å². The van der Waals surface area contributed by atoms with Gasteiger partial charge in [-0.1, -0.05) is 241 Å². The molecule has 8 atom stereocenters. The molecule has 77 heavy (non-hydrogen) atoms. The maximum atomic E-state index is 13.4. The van der Waals surface area contributed by atoms with E-state index < -0.39 is 67.4 Å². The van der Waals surface area contributed by atoms with E-state index in [4.69, 9.17) is 14.2 Å². The number of allylic oxidation sites excluding steroid dienone is 11. The largest absolute Gasteiger partial charge is 0.454 e. The Morgan fingerprint density at radius 2 is 0.896 bits per heavy atom. The molecule has 6 N–H and O–H groups in total. The third-order valence-electron chi connectivity index (χ3n) is 14.6. The number of rotatable bonds is 53. The normalized spacial score (nSPS) is 19.5. The van der Waals surface area contributed by atoms with Crippen LogP contribution in [0.1, 0.15) is 271 Å². The zero-order chi connectivity index (χ0) is 56.1. The Labute approximate surface area is 471 Å². The average molecular weight is 1080 g/mol. The van der Waals surface area contributed by atoms with Crippen LogP contribution in [0.4, 0.5) is 0 Å². The summed E-state index contributed by atoms with van der Waals surface area (Å²) in [5, 5.41) is 57.0. The van der Waals surface area contributed by atoms with Gasteiger partial charge < -0.3 is 45.1 Å². The Kier molecular flexibility index (Phi) is 50.3. The van der Waals surface area contributed by atoms with Crippen LogP contribution in [0, 0.1) is 0 Å². The van der Waals surface area contributed by atoms with Gasteiger partial charge in [0, 0.05) is 6.42 Å². The van der Waals surface area contributed by atoms with Crippen molar-refractivity contribution in [2.24, 2.45) is 0 Å². The summed E-state index contributed by atoms with van der Waals surface area (Å²) < 4.78 is 17.6. The van der Waals surface area contributed by atoms with Gasteiger partial charge >= 0.3 is 5.97 Å². The molecule has 1 rings (SSSR count). The second kappa shape index (κ2) is 53.7. The van der Waals surface area contributed by atoms with Gasteiger partial charge in [-0.3, -0.25) is 9.59 Å². The molecule has 1 aliphatic heterocycles. The molecule has 0 aromatic rings. The van der Waals surface area contributed by atoms with Gasteiger partial charge in [0.1, 0.15) is 24.4 Å². The van der Waals surface area contributed by atoms with E-state index in [1.165, 1.54) is 128 Å². The Balaban J connectivity index is 2.68. The third-order valence-corrected chi connectivity index (χ3v) is 14.6. The van der Waals surface area contributed by atoms with Crippen molar-refractivity contribution in [3.8, 4) is 0 Å². The fourth-order valence-corrected chi connectivity index (χ4v) is 9.51. The van der Waals surface area contributed by atoms with Crippen LogP contribution in [-0.4, -0.2) is 99.6 Å². The molecule has 0 aromatic heterocycles. The molecule has 0 aromatic carbocycles. The maximum Gasteiger partial charge on any atom is 0.306 e. The lowest BCUT2D eigenvalue weighted by molar-refractivity contribution is -0.305. The molecule has 1 aliphatic rings. The molecule has 0 saturated carbocycles. The minimum absolute atomic E-state index is 0.114. The molecule has 1 fully saturated rings. The van der Waals surface area contributed by atoms with E-state index in [0.29, 0.717) is 12.8 Å². The fraction of sp³-hybridized carbons (Fsp3) is 0.788. The highest BCUT2D eigenvalue weighted by Gasteiger charge is 2.47. The Hall–Kier alpha value is -2.90. The summed E-state index contributed by atoms with van der Waals surface area (Å²) in [5.41, 5.74) is 0. The SMILES string of the molecule is CCCCC/C=C\C/C=C\C/C=C\C/C=C\CCCCCCC(O)C(=O)NC(COC1OC(CO)C(O)C(O)C1OC(=O)CCCCCCCCC/C=C/CCCCCCCC)C(O)/C=C/CCCCCCCCCCC. The molecule has 11 heteroatoms. The molecule has 0 spiro atoms.